The molecule has 88 valence electrons. The Morgan fingerprint density at radius 2 is 1.94 bits per heavy atom. The Hall–Kier alpha value is -0.320. The lowest BCUT2D eigenvalue weighted by atomic mass is 10.1. The minimum Gasteiger partial charge on any atom is -0.491 e. The zero-order valence-electron chi connectivity index (χ0n) is 9.01. The van der Waals surface area contributed by atoms with Crippen molar-refractivity contribution in [3.63, 3.8) is 0 Å². The third-order valence-corrected chi connectivity index (χ3v) is 3.24. The van der Waals surface area contributed by atoms with Crippen LogP contribution in [0.25, 0.3) is 0 Å². The standard InChI is InChI=1S/C12H15Br2NO/c1-2-3-6-16-12-10(13)7-9(4-5-15)8-11(12)14/h2,7-8H,1,3-6,15H2. The molecule has 16 heavy (non-hydrogen) atoms. The van der Waals surface area contributed by atoms with Crippen LogP contribution >= 0.6 is 31.9 Å². The van der Waals surface area contributed by atoms with Crippen LogP contribution in [0.4, 0.5) is 0 Å². The van der Waals surface area contributed by atoms with Crippen molar-refractivity contribution in [3.05, 3.63) is 39.3 Å². The minimum atomic E-state index is 0.636. The molecular weight excluding hydrogens is 334 g/mol. The summed E-state index contributed by atoms with van der Waals surface area (Å²) in [6, 6.07) is 4.09. The van der Waals surface area contributed by atoms with Gasteiger partial charge in [-0.2, -0.15) is 0 Å². The normalized spacial score (nSPS) is 10.2. The van der Waals surface area contributed by atoms with Gasteiger partial charge in [-0.25, -0.2) is 0 Å². The summed E-state index contributed by atoms with van der Waals surface area (Å²) in [7, 11) is 0. The lowest BCUT2D eigenvalue weighted by Gasteiger charge is -2.11. The monoisotopic (exact) mass is 347 g/mol. The van der Waals surface area contributed by atoms with E-state index in [9.17, 15) is 0 Å². The zero-order chi connectivity index (χ0) is 12.0. The molecule has 0 saturated carbocycles. The van der Waals surface area contributed by atoms with Gasteiger partial charge in [0.25, 0.3) is 0 Å². The van der Waals surface area contributed by atoms with Gasteiger partial charge in [0.1, 0.15) is 5.75 Å². The van der Waals surface area contributed by atoms with Crippen LogP contribution in [-0.2, 0) is 6.42 Å². The third kappa shape index (κ3) is 3.92. The highest BCUT2D eigenvalue weighted by molar-refractivity contribution is 9.11. The van der Waals surface area contributed by atoms with Crippen molar-refractivity contribution in [2.24, 2.45) is 5.73 Å². The van der Waals surface area contributed by atoms with Crippen LogP contribution in [0.5, 0.6) is 5.75 Å². The van der Waals surface area contributed by atoms with Crippen molar-refractivity contribution in [1.29, 1.82) is 0 Å². The van der Waals surface area contributed by atoms with Crippen LogP contribution in [0, 0.1) is 0 Å². The number of halogens is 2. The van der Waals surface area contributed by atoms with Crippen LogP contribution in [0.3, 0.4) is 0 Å². The Morgan fingerprint density at radius 3 is 2.44 bits per heavy atom. The Kier molecular flexibility index (Phi) is 6.09. The molecule has 0 fully saturated rings. The summed E-state index contributed by atoms with van der Waals surface area (Å²) in [5.74, 6) is 0.836. The van der Waals surface area contributed by atoms with Crippen molar-refractivity contribution < 1.29 is 4.74 Å². The molecule has 0 amide bonds. The number of benzene rings is 1. The minimum absolute atomic E-state index is 0.636. The van der Waals surface area contributed by atoms with E-state index in [1.165, 1.54) is 5.56 Å². The van der Waals surface area contributed by atoms with Crippen molar-refractivity contribution in [2.75, 3.05) is 13.2 Å². The van der Waals surface area contributed by atoms with Crippen molar-refractivity contribution >= 4 is 31.9 Å². The molecular formula is C12H15Br2NO. The SMILES string of the molecule is C=CCCOc1c(Br)cc(CCN)cc1Br. The maximum Gasteiger partial charge on any atom is 0.147 e. The quantitative estimate of drug-likeness (QED) is 0.628. The molecule has 0 aromatic heterocycles. The molecule has 0 radical (unpaired) electrons. The molecule has 0 aliphatic rings. The fourth-order valence-corrected chi connectivity index (χ4v) is 2.82. The maximum atomic E-state index is 5.64. The van der Waals surface area contributed by atoms with Crippen molar-refractivity contribution in [1.82, 2.24) is 0 Å². The van der Waals surface area contributed by atoms with E-state index in [2.05, 4.69) is 38.4 Å². The highest BCUT2D eigenvalue weighted by Crippen LogP contribution is 2.34. The third-order valence-electron chi connectivity index (χ3n) is 2.06. The second-order valence-electron chi connectivity index (χ2n) is 3.35. The van der Waals surface area contributed by atoms with E-state index in [0.717, 1.165) is 27.5 Å². The predicted octanol–water partition coefficient (Wildman–Crippen LogP) is 3.67. The summed E-state index contributed by atoms with van der Waals surface area (Å²) in [4.78, 5) is 0. The summed E-state index contributed by atoms with van der Waals surface area (Å²) in [6.45, 7) is 4.94. The van der Waals surface area contributed by atoms with Crippen LogP contribution in [0.1, 0.15) is 12.0 Å². The Balaban J connectivity index is 2.80. The first-order valence-corrected chi connectivity index (χ1v) is 6.69. The van der Waals surface area contributed by atoms with Gasteiger partial charge >= 0.3 is 0 Å². The maximum absolute atomic E-state index is 5.64. The Labute approximate surface area is 113 Å². The molecule has 2 N–H and O–H groups in total. The Morgan fingerprint density at radius 1 is 1.31 bits per heavy atom. The first kappa shape index (κ1) is 13.7. The van der Waals surface area contributed by atoms with E-state index in [1.807, 2.05) is 18.2 Å². The number of ether oxygens (including phenoxy) is 1. The average molecular weight is 349 g/mol. The average Bonchev–Trinajstić information content (AvgIpc) is 2.23. The summed E-state index contributed by atoms with van der Waals surface area (Å²) in [6.07, 6.45) is 3.54. The van der Waals surface area contributed by atoms with Gasteiger partial charge in [0.2, 0.25) is 0 Å². The van der Waals surface area contributed by atoms with Crippen molar-refractivity contribution in [2.45, 2.75) is 12.8 Å². The number of hydrogen-bond acceptors (Lipinski definition) is 2. The van der Waals surface area contributed by atoms with Gasteiger partial charge in [-0.1, -0.05) is 6.08 Å². The molecule has 0 spiro atoms. The topological polar surface area (TPSA) is 35.2 Å². The van der Waals surface area contributed by atoms with Gasteiger partial charge in [-0.05, 0) is 68.9 Å². The molecule has 2 nitrogen and oxygen atoms in total. The first-order valence-electron chi connectivity index (χ1n) is 5.10. The second kappa shape index (κ2) is 7.09. The molecule has 0 heterocycles. The molecule has 0 saturated heterocycles. The van der Waals surface area contributed by atoms with Gasteiger partial charge in [0, 0.05) is 0 Å². The molecule has 0 aliphatic carbocycles. The van der Waals surface area contributed by atoms with Gasteiger partial charge in [-0.3, -0.25) is 0 Å². The molecule has 0 bridgehead atoms. The van der Waals surface area contributed by atoms with Gasteiger partial charge in [0.05, 0.1) is 15.6 Å². The summed E-state index contributed by atoms with van der Waals surface area (Å²) < 4.78 is 7.55. The summed E-state index contributed by atoms with van der Waals surface area (Å²) in [5, 5.41) is 0. The van der Waals surface area contributed by atoms with E-state index in [-0.39, 0.29) is 0 Å². The first-order chi connectivity index (χ1) is 7.69. The lowest BCUT2D eigenvalue weighted by Crippen LogP contribution is -2.03. The number of hydrogen-bond donors (Lipinski definition) is 1. The largest absolute Gasteiger partial charge is 0.491 e. The van der Waals surface area contributed by atoms with Crippen molar-refractivity contribution in [3.8, 4) is 5.75 Å². The van der Waals surface area contributed by atoms with Crippen LogP contribution < -0.4 is 10.5 Å². The lowest BCUT2D eigenvalue weighted by molar-refractivity contribution is 0.321. The van der Waals surface area contributed by atoms with E-state index in [1.54, 1.807) is 0 Å². The molecule has 1 aromatic rings. The van der Waals surface area contributed by atoms with Gasteiger partial charge in [0.15, 0.2) is 0 Å². The summed E-state index contributed by atoms with van der Waals surface area (Å²) in [5.41, 5.74) is 6.72. The molecule has 0 aliphatic heterocycles. The number of nitrogens with two attached hydrogens (primary N) is 1. The van der Waals surface area contributed by atoms with E-state index < -0.39 is 0 Å². The highest BCUT2D eigenvalue weighted by atomic mass is 79.9. The Bertz CT molecular complexity index is 343. The van der Waals surface area contributed by atoms with E-state index in [0.29, 0.717) is 13.2 Å². The molecule has 1 aromatic carbocycles. The van der Waals surface area contributed by atoms with Gasteiger partial charge < -0.3 is 10.5 Å². The fourth-order valence-electron chi connectivity index (χ4n) is 1.31. The highest BCUT2D eigenvalue weighted by Gasteiger charge is 2.08. The molecule has 0 unspecified atom stereocenters. The van der Waals surface area contributed by atoms with Crippen LogP contribution in [0.2, 0.25) is 0 Å². The number of rotatable bonds is 6. The second-order valence-corrected chi connectivity index (χ2v) is 5.06. The molecule has 1 rings (SSSR count). The fraction of sp³-hybridized carbons (Fsp3) is 0.333. The molecule has 0 atom stereocenters. The van der Waals surface area contributed by atoms with Gasteiger partial charge in [-0.15, -0.1) is 6.58 Å². The predicted molar refractivity (Wildman–Crippen MR) is 74.9 cm³/mol. The molecule has 4 heteroatoms. The van der Waals surface area contributed by atoms with Crippen LogP contribution in [0.15, 0.2) is 33.7 Å². The zero-order valence-corrected chi connectivity index (χ0v) is 12.2. The summed E-state index contributed by atoms with van der Waals surface area (Å²) >= 11 is 7.00. The van der Waals surface area contributed by atoms with E-state index >= 15 is 0 Å². The van der Waals surface area contributed by atoms with E-state index in [4.69, 9.17) is 10.5 Å². The van der Waals surface area contributed by atoms with Crippen LogP contribution in [-0.4, -0.2) is 13.2 Å². The smallest absolute Gasteiger partial charge is 0.147 e.